The van der Waals surface area contributed by atoms with Crippen LogP contribution in [0, 0.1) is 10.1 Å². The summed E-state index contributed by atoms with van der Waals surface area (Å²) >= 11 is 0. The second-order valence-corrected chi connectivity index (χ2v) is 10.2. The van der Waals surface area contributed by atoms with E-state index in [-0.39, 0.29) is 27.6 Å². The molecule has 0 atom stereocenters. The summed E-state index contributed by atoms with van der Waals surface area (Å²) in [7, 11) is -2.28. The number of allylic oxidation sites excluding steroid dienone is 2. The van der Waals surface area contributed by atoms with Gasteiger partial charge in [0.2, 0.25) is 0 Å². The predicted molar refractivity (Wildman–Crippen MR) is 131 cm³/mol. The number of benzene rings is 3. The second-order valence-electron chi connectivity index (χ2n) is 8.50. The first-order valence-electron chi connectivity index (χ1n) is 10.5. The van der Waals surface area contributed by atoms with E-state index in [0.29, 0.717) is 0 Å². The lowest BCUT2D eigenvalue weighted by atomic mass is 9.83. The normalized spacial score (nSPS) is 15.7. The molecule has 0 bridgehead atoms. The third kappa shape index (κ3) is 4.06. The number of nitro groups is 1. The molecule has 0 aliphatic carbocycles. The zero-order valence-electron chi connectivity index (χ0n) is 18.8. The van der Waals surface area contributed by atoms with Crippen LogP contribution in [0.15, 0.2) is 89.5 Å². The van der Waals surface area contributed by atoms with E-state index in [4.69, 9.17) is 0 Å². The number of likely N-dealkylation sites (N-methyl/N-ethyl adjacent to an activating group) is 1. The van der Waals surface area contributed by atoms with Crippen molar-refractivity contribution in [3.63, 3.8) is 0 Å². The van der Waals surface area contributed by atoms with Crippen molar-refractivity contribution in [1.29, 1.82) is 0 Å². The quantitative estimate of drug-likeness (QED) is 0.234. The number of hydrogen-bond acceptors (Lipinski definition) is 6. The van der Waals surface area contributed by atoms with Crippen molar-refractivity contribution < 1.29 is 18.1 Å². The molecular formula is C25H23N3O5S. The van der Waals surface area contributed by atoms with E-state index in [1.165, 1.54) is 30.3 Å². The van der Waals surface area contributed by atoms with Crippen LogP contribution in [0.5, 0.6) is 0 Å². The largest absolute Gasteiger partial charge is 0.347 e. The molecule has 1 aliphatic heterocycles. The Morgan fingerprint density at radius 1 is 1.03 bits per heavy atom. The number of fused-ring (bicyclic) bond motifs is 1. The van der Waals surface area contributed by atoms with Crippen LogP contribution in [0.25, 0.3) is 0 Å². The number of nitrogens with one attached hydrogen (secondary N) is 1. The van der Waals surface area contributed by atoms with Gasteiger partial charge in [0, 0.05) is 47.6 Å². The Labute approximate surface area is 197 Å². The molecule has 0 saturated heterocycles. The number of nitrogens with zero attached hydrogens (tertiary/aromatic N) is 2. The Hall–Kier alpha value is -3.98. The minimum absolute atomic E-state index is 0.0897. The summed E-state index contributed by atoms with van der Waals surface area (Å²) in [5, 5.41) is 11.0. The van der Waals surface area contributed by atoms with Gasteiger partial charge in [-0.15, -0.1) is 0 Å². The van der Waals surface area contributed by atoms with Crippen LogP contribution in [0.2, 0.25) is 0 Å². The van der Waals surface area contributed by atoms with Gasteiger partial charge in [-0.3, -0.25) is 19.6 Å². The van der Waals surface area contributed by atoms with E-state index in [9.17, 15) is 23.3 Å². The molecule has 34 heavy (non-hydrogen) atoms. The number of carbonyl (C=O) groups is 1. The molecule has 0 fully saturated rings. The maximum atomic E-state index is 13.3. The van der Waals surface area contributed by atoms with Crippen LogP contribution >= 0.6 is 0 Å². The van der Waals surface area contributed by atoms with Gasteiger partial charge in [0.15, 0.2) is 5.78 Å². The monoisotopic (exact) mass is 477 g/mol. The number of sulfonamides is 1. The summed E-state index contributed by atoms with van der Waals surface area (Å²) in [6.07, 6.45) is 1.53. The highest BCUT2D eigenvalue weighted by molar-refractivity contribution is 7.92. The molecule has 0 spiro atoms. The van der Waals surface area contributed by atoms with Crippen LogP contribution in [0.3, 0.4) is 0 Å². The molecule has 0 amide bonds. The first-order valence-corrected chi connectivity index (χ1v) is 12.0. The summed E-state index contributed by atoms with van der Waals surface area (Å²) in [4.78, 5) is 25.4. The molecule has 0 aromatic heterocycles. The van der Waals surface area contributed by atoms with Crippen molar-refractivity contribution in [2.75, 3.05) is 16.7 Å². The molecule has 3 aromatic rings. The van der Waals surface area contributed by atoms with Gasteiger partial charge in [0.1, 0.15) is 0 Å². The Morgan fingerprint density at radius 3 is 2.41 bits per heavy atom. The van der Waals surface area contributed by atoms with Gasteiger partial charge in [0.25, 0.3) is 15.7 Å². The molecule has 9 heteroatoms. The maximum absolute atomic E-state index is 13.3. The Balaban J connectivity index is 1.69. The van der Waals surface area contributed by atoms with Gasteiger partial charge in [-0.2, -0.15) is 0 Å². The van der Waals surface area contributed by atoms with Crippen molar-refractivity contribution >= 4 is 32.9 Å². The minimum atomic E-state index is -4.17. The van der Waals surface area contributed by atoms with Gasteiger partial charge in [-0.1, -0.05) is 50.2 Å². The van der Waals surface area contributed by atoms with Gasteiger partial charge < -0.3 is 4.90 Å². The van der Waals surface area contributed by atoms with Crippen LogP contribution in [0.4, 0.5) is 17.1 Å². The highest BCUT2D eigenvalue weighted by Crippen LogP contribution is 2.46. The third-order valence-corrected chi connectivity index (χ3v) is 7.35. The number of ketones is 1. The van der Waals surface area contributed by atoms with Gasteiger partial charge >= 0.3 is 0 Å². The summed E-state index contributed by atoms with van der Waals surface area (Å²) in [5.74, 6) is -0.361. The van der Waals surface area contributed by atoms with Crippen molar-refractivity contribution in [3.8, 4) is 0 Å². The van der Waals surface area contributed by atoms with E-state index in [0.717, 1.165) is 23.0 Å². The second kappa shape index (κ2) is 8.42. The van der Waals surface area contributed by atoms with Gasteiger partial charge in [-0.05, 0) is 29.8 Å². The first-order chi connectivity index (χ1) is 16.0. The lowest BCUT2D eigenvalue weighted by Gasteiger charge is -2.24. The molecule has 0 radical (unpaired) electrons. The molecule has 174 valence electrons. The maximum Gasteiger partial charge on any atom is 0.270 e. The van der Waals surface area contributed by atoms with Crippen LogP contribution in [0.1, 0.15) is 29.8 Å². The zero-order chi connectivity index (χ0) is 24.7. The predicted octanol–water partition coefficient (Wildman–Crippen LogP) is 4.89. The number of para-hydroxylation sites is 2. The highest BCUT2D eigenvalue weighted by Gasteiger charge is 2.38. The van der Waals surface area contributed by atoms with Crippen molar-refractivity contribution in [3.05, 3.63) is 106 Å². The number of anilines is 2. The fraction of sp³-hybridized carbons (Fsp3) is 0.160. The summed E-state index contributed by atoms with van der Waals surface area (Å²) < 4.78 is 28.3. The highest BCUT2D eigenvalue weighted by atomic mass is 32.2. The zero-order valence-corrected chi connectivity index (χ0v) is 19.7. The lowest BCUT2D eigenvalue weighted by Crippen LogP contribution is -2.24. The van der Waals surface area contributed by atoms with Crippen molar-refractivity contribution in [2.45, 2.75) is 24.2 Å². The molecule has 3 aromatic carbocycles. The molecule has 0 saturated carbocycles. The van der Waals surface area contributed by atoms with E-state index < -0.39 is 20.4 Å². The average molecular weight is 478 g/mol. The van der Waals surface area contributed by atoms with Crippen molar-refractivity contribution in [1.82, 2.24) is 0 Å². The van der Waals surface area contributed by atoms with E-state index in [1.807, 2.05) is 50.1 Å². The number of non-ortho nitro benzene ring substituents is 1. The first kappa shape index (κ1) is 23.2. The number of nitro benzene ring substituents is 1. The topological polar surface area (TPSA) is 110 Å². The molecule has 0 unspecified atom stereocenters. The fourth-order valence-electron chi connectivity index (χ4n) is 4.22. The molecule has 1 heterocycles. The Bertz CT molecular complexity index is 1440. The summed E-state index contributed by atoms with van der Waals surface area (Å²) in [6.45, 7) is 4.07. The number of carbonyl (C=O) groups excluding carboxylic acids is 1. The van der Waals surface area contributed by atoms with Gasteiger partial charge in [0.05, 0.1) is 15.5 Å². The Morgan fingerprint density at radius 2 is 1.71 bits per heavy atom. The van der Waals surface area contributed by atoms with Gasteiger partial charge in [-0.25, -0.2) is 8.42 Å². The van der Waals surface area contributed by atoms with E-state index in [1.54, 1.807) is 18.2 Å². The lowest BCUT2D eigenvalue weighted by molar-refractivity contribution is -0.385. The molecular weight excluding hydrogens is 454 g/mol. The molecule has 1 N–H and O–H groups in total. The summed E-state index contributed by atoms with van der Waals surface area (Å²) in [5.41, 5.74) is 2.38. The van der Waals surface area contributed by atoms with Crippen molar-refractivity contribution in [2.24, 2.45) is 0 Å². The van der Waals surface area contributed by atoms with Crippen LogP contribution in [-0.4, -0.2) is 26.2 Å². The van der Waals surface area contributed by atoms with E-state index >= 15 is 0 Å². The Kier molecular flexibility index (Phi) is 5.74. The standard InChI is InChI=1S/C25H23N3O5S/c1-25(2)20-12-5-7-14-22(20)27(3)24(25)16-23(29)19-11-4-6-13-21(19)26-34(32,33)18-10-8-9-17(15-18)28(30)31/h4-16,26H,1-3H3/b24-16+. The smallest absolute Gasteiger partial charge is 0.270 e. The summed E-state index contributed by atoms with van der Waals surface area (Å²) in [6, 6.07) is 18.9. The minimum Gasteiger partial charge on any atom is -0.347 e. The third-order valence-electron chi connectivity index (χ3n) is 5.98. The molecule has 4 rings (SSSR count). The molecule has 8 nitrogen and oxygen atoms in total. The molecule has 1 aliphatic rings. The van der Waals surface area contributed by atoms with Crippen LogP contribution in [-0.2, 0) is 15.4 Å². The number of rotatable bonds is 6. The number of hydrogen-bond donors (Lipinski definition) is 1. The fourth-order valence-corrected chi connectivity index (χ4v) is 5.33. The average Bonchev–Trinajstić information content (AvgIpc) is 3.00. The van der Waals surface area contributed by atoms with E-state index in [2.05, 4.69) is 4.72 Å². The SMILES string of the molecule is CN1/C(=C/C(=O)c2ccccc2NS(=O)(=O)c2cccc([N+](=O)[O-])c2)C(C)(C)c2ccccc21. The van der Waals surface area contributed by atoms with Crippen LogP contribution < -0.4 is 9.62 Å².